The first-order valence-electron chi connectivity index (χ1n) is 9.46. The molecule has 1 spiro atoms. The van der Waals surface area contributed by atoms with Crippen LogP contribution in [0.4, 0.5) is 16.2 Å². The van der Waals surface area contributed by atoms with E-state index in [0.717, 1.165) is 27.3 Å². The first-order valence-corrected chi connectivity index (χ1v) is 9.46. The Labute approximate surface area is 164 Å². The molecule has 2 aliphatic heterocycles. The highest BCUT2D eigenvalue weighted by Crippen LogP contribution is 2.41. The Bertz CT molecular complexity index is 1000. The number of nitrogens with zero attached hydrogens (tertiary/aromatic N) is 2. The molecule has 0 bridgehead atoms. The van der Waals surface area contributed by atoms with Crippen molar-refractivity contribution in [3.05, 3.63) is 59.2 Å². The van der Waals surface area contributed by atoms with Crippen LogP contribution in [0.1, 0.15) is 23.6 Å². The molecular formula is C22H23N3O3. The Balaban J connectivity index is 1.82. The van der Waals surface area contributed by atoms with Gasteiger partial charge < -0.3 is 4.90 Å². The summed E-state index contributed by atoms with van der Waals surface area (Å²) in [5, 5.41) is 2.44. The van der Waals surface area contributed by atoms with Gasteiger partial charge in [0.15, 0.2) is 5.41 Å². The fourth-order valence-corrected chi connectivity index (χ4v) is 4.32. The number of carbonyl (C=O) groups excluding carboxylic acids is 3. The molecule has 4 amide bonds. The molecule has 2 heterocycles. The van der Waals surface area contributed by atoms with Gasteiger partial charge in [0, 0.05) is 19.3 Å². The fraction of sp³-hybridized carbons (Fsp3) is 0.318. The van der Waals surface area contributed by atoms with Crippen molar-refractivity contribution in [1.29, 1.82) is 0 Å². The predicted octanol–water partition coefficient (Wildman–Crippen LogP) is 2.82. The van der Waals surface area contributed by atoms with Crippen LogP contribution < -0.4 is 15.1 Å². The summed E-state index contributed by atoms with van der Waals surface area (Å²) in [5.41, 5.74) is 3.11. The van der Waals surface area contributed by atoms with Gasteiger partial charge in [-0.15, -0.1) is 0 Å². The Morgan fingerprint density at radius 2 is 1.82 bits per heavy atom. The van der Waals surface area contributed by atoms with Crippen molar-refractivity contribution in [2.24, 2.45) is 5.41 Å². The summed E-state index contributed by atoms with van der Waals surface area (Å²) in [5.74, 6) is -0.979. The van der Waals surface area contributed by atoms with Crippen LogP contribution in [0.15, 0.2) is 42.5 Å². The number of nitrogens with one attached hydrogen (secondary N) is 1. The molecule has 1 N–H and O–H groups in total. The number of benzene rings is 2. The maximum absolute atomic E-state index is 13.6. The summed E-state index contributed by atoms with van der Waals surface area (Å²) in [6.45, 7) is 4.18. The molecule has 0 saturated carbocycles. The lowest BCUT2D eigenvalue weighted by Crippen LogP contribution is -2.68. The normalized spacial score (nSPS) is 21.8. The zero-order valence-electron chi connectivity index (χ0n) is 16.3. The lowest BCUT2D eigenvalue weighted by atomic mass is 9.74. The topological polar surface area (TPSA) is 69.7 Å². The number of hydrogen-bond donors (Lipinski definition) is 1. The summed E-state index contributed by atoms with van der Waals surface area (Å²) < 4.78 is 0. The highest BCUT2D eigenvalue weighted by atomic mass is 16.2. The van der Waals surface area contributed by atoms with Crippen molar-refractivity contribution in [3.8, 4) is 0 Å². The lowest BCUT2D eigenvalue weighted by molar-refractivity contribution is -0.142. The summed E-state index contributed by atoms with van der Waals surface area (Å²) >= 11 is 0. The smallest absolute Gasteiger partial charge is 0.335 e. The Morgan fingerprint density at radius 3 is 2.57 bits per heavy atom. The fourth-order valence-electron chi connectivity index (χ4n) is 4.32. The predicted molar refractivity (Wildman–Crippen MR) is 107 cm³/mol. The van der Waals surface area contributed by atoms with Crippen molar-refractivity contribution in [1.82, 2.24) is 5.32 Å². The van der Waals surface area contributed by atoms with E-state index in [-0.39, 0.29) is 13.0 Å². The number of fused-ring (bicyclic) bond motifs is 1. The molecule has 6 nitrogen and oxygen atoms in total. The van der Waals surface area contributed by atoms with Crippen LogP contribution in [-0.4, -0.2) is 31.4 Å². The van der Waals surface area contributed by atoms with Gasteiger partial charge in [0.1, 0.15) is 0 Å². The van der Waals surface area contributed by atoms with Crippen LogP contribution in [0.3, 0.4) is 0 Å². The van der Waals surface area contributed by atoms with E-state index in [0.29, 0.717) is 12.1 Å². The molecule has 2 aromatic rings. The third kappa shape index (κ3) is 2.59. The average molecular weight is 377 g/mol. The van der Waals surface area contributed by atoms with E-state index in [2.05, 4.69) is 5.32 Å². The van der Waals surface area contributed by atoms with E-state index in [9.17, 15) is 14.4 Å². The Kier molecular flexibility index (Phi) is 4.22. The molecule has 0 aliphatic carbocycles. The Morgan fingerprint density at radius 1 is 1.07 bits per heavy atom. The van der Waals surface area contributed by atoms with E-state index in [1.165, 1.54) is 0 Å². The number of carbonyl (C=O) groups is 3. The van der Waals surface area contributed by atoms with Gasteiger partial charge in [0.25, 0.3) is 5.91 Å². The first kappa shape index (κ1) is 18.2. The second kappa shape index (κ2) is 6.48. The number of aryl methyl sites for hydroxylation is 2. The SMILES string of the molecule is CCc1ccccc1N1C(=O)NC(=O)[C@@]2(Cc3cc(C)ccc3N(C)C2)C1=O. The van der Waals surface area contributed by atoms with E-state index >= 15 is 0 Å². The standard InChI is InChI=1S/C22H23N3O3/c1-4-15-7-5-6-8-18(15)25-20(27)22(19(26)23-21(25)28)12-16-11-14(2)9-10-17(16)24(3)13-22/h5-11H,4,12-13H2,1-3H3,(H,23,26,28)/t22-/m0/s1. The third-order valence-corrected chi connectivity index (χ3v) is 5.73. The quantitative estimate of drug-likeness (QED) is 0.817. The van der Waals surface area contributed by atoms with E-state index in [1.54, 1.807) is 12.1 Å². The van der Waals surface area contributed by atoms with Gasteiger partial charge in [0.2, 0.25) is 5.91 Å². The van der Waals surface area contributed by atoms with Gasteiger partial charge in [0.05, 0.1) is 5.69 Å². The number of hydrogen-bond acceptors (Lipinski definition) is 4. The number of anilines is 2. The maximum Gasteiger partial charge on any atom is 0.335 e. The molecule has 6 heteroatoms. The van der Waals surface area contributed by atoms with Crippen LogP contribution in [-0.2, 0) is 22.4 Å². The van der Waals surface area contributed by atoms with Gasteiger partial charge in [-0.1, -0.05) is 42.8 Å². The minimum atomic E-state index is -1.33. The lowest BCUT2D eigenvalue weighted by Gasteiger charge is -2.45. The molecule has 0 unspecified atom stereocenters. The number of imide groups is 2. The summed E-state index contributed by atoms with van der Waals surface area (Å²) in [6.07, 6.45) is 0.952. The largest absolute Gasteiger partial charge is 0.373 e. The molecule has 28 heavy (non-hydrogen) atoms. The van der Waals surface area contributed by atoms with Crippen molar-refractivity contribution >= 4 is 29.2 Å². The van der Waals surface area contributed by atoms with Gasteiger partial charge in [-0.05, 0) is 43.0 Å². The number of para-hydroxylation sites is 1. The zero-order chi connectivity index (χ0) is 20.1. The zero-order valence-corrected chi connectivity index (χ0v) is 16.3. The van der Waals surface area contributed by atoms with Crippen molar-refractivity contribution < 1.29 is 14.4 Å². The molecule has 2 aromatic carbocycles. The molecule has 1 saturated heterocycles. The highest BCUT2D eigenvalue weighted by Gasteiger charge is 2.56. The molecule has 4 rings (SSSR count). The number of barbiturate groups is 1. The molecule has 2 aliphatic rings. The van der Waals surface area contributed by atoms with Gasteiger partial charge in [-0.25, -0.2) is 9.69 Å². The van der Waals surface area contributed by atoms with Crippen LogP contribution in [0.25, 0.3) is 0 Å². The Hall–Kier alpha value is -3.15. The van der Waals surface area contributed by atoms with Gasteiger partial charge in [-0.2, -0.15) is 0 Å². The third-order valence-electron chi connectivity index (χ3n) is 5.73. The summed E-state index contributed by atoms with van der Waals surface area (Å²) in [7, 11) is 1.87. The maximum atomic E-state index is 13.6. The van der Waals surface area contributed by atoms with Crippen LogP contribution in [0, 0.1) is 12.3 Å². The van der Waals surface area contributed by atoms with E-state index in [1.807, 2.05) is 56.1 Å². The van der Waals surface area contributed by atoms with Gasteiger partial charge in [-0.3, -0.25) is 14.9 Å². The molecule has 144 valence electrons. The van der Waals surface area contributed by atoms with Crippen LogP contribution in [0.2, 0.25) is 0 Å². The van der Waals surface area contributed by atoms with E-state index < -0.39 is 23.3 Å². The monoisotopic (exact) mass is 377 g/mol. The summed E-state index contributed by atoms with van der Waals surface area (Å²) in [6, 6.07) is 12.7. The van der Waals surface area contributed by atoms with Crippen molar-refractivity contribution in [2.75, 3.05) is 23.4 Å². The minimum absolute atomic E-state index is 0.228. The number of urea groups is 1. The molecular weight excluding hydrogens is 354 g/mol. The van der Waals surface area contributed by atoms with Crippen molar-refractivity contribution in [2.45, 2.75) is 26.7 Å². The van der Waals surface area contributed by atoms with Crippen molar-refractivity contribution in [3.63, 3.8) is 0 Å². The first-order chi connectivity index (χ1) is 13.4. The van der Waals surface area contributed by atoms with Crippen LogP contribution >= 0.6 is 0 Å². The molecule has 0 radical (unpaired) electrons. The highest BCUT2D eigenvalue weighted by molar-refractivity contribution is 6.30. The van der Waals surface area contributed by atoms with E-state index in [4.69, 9.17) is 0 Å². The number of amides is 4. The van der Waals surface area contributed by atoms with Crippen LogP contribution in [0.5, 0.6) is 0 Å². The molecule has 1 atom stereocenters. The number of rotatable bonds is 2. The molecule has 0 aromatic heterocycles. The van der Waals surface area contributed by atoms with Gasteiger partial charge >= 0.3 is 6.03 Å². The summed E-state index contributed by atoms with van der Waals surface area (Å²) in [4.78, 5) is 42.3. The average Bonchev–Trinajstić information content (AvgIpc) is 2.66. The minimum Gasteiger partial charge on any atom is -0.373 e. The molecule has 1 fully saturated rings. The second-order valence-electron chi connectivity index (χ2n) is 7.63. The second-order valence-corrected chi connectivity index (χ2v) is 7.63.